The number of nitrogens with two attached hydrogens (primary N) is 1. The normalized spacial score (nSPS) is 10.6. The Morgan fingerprint density at radius 2 is 2.18 bits per heavy atom. The van der Waals surface area contributed by atoms with Gasteiger partial charge in [-0.2, -0.15) is 9.67 Å². The number of nitrogens with zero attached hydrogens (tertiary/aromatic N) is 3. The van der Waals surface area contributed by atoms with Crippen LogP contribution in [-0.2, 0) is 0 Å². The molecule has 0 bridgehead atoms. The molecule has 0 saturated heterocycles. The van der Waals surface area contributed by atoms with Crippen LogP contribution in [0, 0.1) is 6.92 Å². The second-order valence-corrected chi connectivity index (χ2v) is 4.67. The minimum atomic E-state index is -0.388. The Bertz CT molecular complexity index is 821. The number of furan rings is 1. The minimum Gasteiger partial charge on any atom is -0.496 e. The highest BCUT2D eigenvalue weighted by Crippen LogP contribution is 2.21. The monoisotopic (exact) mass is 298 g/mol. The fraction of sp³-hybridized carbons (Fsp3) is 0.133. The molecule has 22 heavy (non-hydrogen) atoms. The van der Waals surface area contributed by atoms with Crippen molar-refractivity contribution in [3.63, 3.8) is 0 Å². The van der Waals surface area contributed by atoms with Crippen LogP contribution in [0.5, 0.6) is 5.75 Å². The Kier molecular flexibility index (Phi) is 3.38. The number of carbonyl (C=O) groups is 1. The van der Waals surface area contributed by atoms with E-state index in [2.05, 4.69) is 10.1 Å². The lowest BCUT2D eigenvalue weighted by Crippen LogP contribution is -2.16. The number of anilines is 1. The van der Waals surface area contributed by atoms with Gasteiger partial charge in [0.05, 0.1) is 13.4 Å². The summed E-state index contributed by atoms with van der Waals surface area (Å²) in [7, 11) is 1.55. The number of benzene rings is 1. The molecule has 0 radical (unpaired) electrons. The van der Waals surface area contributed by atoms with Gasteiger partial charge >= 0.3 is 0 Å². The largest absolute Gasteiger partial charge is 0.496 e. The van der Waals surface area contributed by atoms with E-state index in [4.69, 9.17) is 14.9 Å². The third kappa shape index (κ3) is 2.32. The number of nitrogen functional groups attached to an aromatic ring is 1. The highest BCUT2D eigenvalue weighted by molar-refractivity contribution is 5.97. The molecule has 2 heterocycles. The predicted octanol–water partition coefficient (Wildman–Crippen LogP) is 2.13. The van der Waals surface area contributed by atoms with E-state index in [1.54, 1.807) is 37.4 Å². The number of rotatable bonds is 3. The first kappa shape index (κ1) is 13.9. The second-order valence-electron chi connectivity index (χ2n) is 4.67. The van der Waals surface area contributed by atoms with Crippen molar-refractivity contribution in [2.75, 3.05) is 12.8 Å². The van der Waals surface area contributed by atoms with Gasteiger partial charge in [0.15, 0.2) is 5.76 Å². The number of carbonyl (C=O) groups excluding carboxylic acids is 1. The number of methoxy groups -OCH3 is 1. The number of aromatic nitrogens is 3. The van der Waals surface area contributed by atoms with Gasteiger partial charge in [-0.1, -0.05) is 6.07 Å². The quantitative estimate of drug-likeness (QED) is 0.795. The molecule has 112 valence electrons. The lowest BCUT2D eigenvalue weighted by Gasteiger charge is -2.07. The molecule has 0 saturated carbocycles. The highest BCUT2D eigenvalue weighted by Gasteiger charge is 2.18. The molecule has 0 aliphatic carbocycles. The van der Waals surface area contributed by atoms with Crippen LogP contribution in [-0.4, -0.2) is 27.8 Å². The molecule has 0 unspecified atom stereocenters. The Balaban J connectivity index is 1.99. The number of aryl methyl sites for hydroxylation is 1. The zero-order valence-electron chi connectivity index (χ0n) is 12.1. The molecular weight excluding hydrogens is 284 g/mol. The van der Waals surface area contributed by atoms with Gasteiger partial charge in [-0.3, -0.25) is 4.79 Å². The first-order valence-electron chi connectivity index (χ1n) is 6.56. The summed E-state index contributed by atoms with van der Waals surface area (Å²) >= 11 is 0. The second kappa shape index (κ2) is 5.36. The van der Waals surface area contributed by atoms with Crippen molar-refractivity contribution < 1.29 is 13.9 Å². The van der Waals surface area contributed by atoms with E-state index in [0.717, 1.165) is 10.2 Å². The van der Waals surface area contributed by atoms with Crippen molar-refractivity contribution >= 4 is 11.9 Å². The van der Waals surface area contributed by atoms with Gasteiger partial charge in [0.1, 0.15) is 5.75 Å². The first-order chi connectivity index (χ1) is 10.6. The maximum atomic E-state index is 12.5. The topological polar surface area (TPSA) is 96.2 Å². The van der Waals surface area contributed by atoms with Crippen molar-refractivity contribution in [1.29, 1.82) is 0 Å². The van der Waals surface area contributed by atoms with Gasteiger partial charge in [0, 0.05) is 5.56 Å². The van der Waals surface area contributed by atoms with Crippen LogP contribution in [0.15, 0.2) is 41.0 Å². The molecule has 0 aliphatic rings. The highest BCUT2D eigenvalue weighted by atomic mass is 16.5. The van der Waals surface area contributed by atoms with Crippen LogP contribution in [0.2, 0.25) is 0 Å². The van der Waals surface area contributed by atoms with Crippen molar-refractivity contribution in [1.82, 2.24) is 14.8 Å². The van der Waals surface area contributed by atoms with Crippen molar-refractivity contribution in [3.8, 4) is 17.3 Å². The van der Waals surface area contributed by atoms with Gasteiger partial charge in [-0.15, -0.1) is 5.10 Å². The fourth-order valence-corrected chi connectivity index (χ4v) is 2.06. The van der Waals surface area contributed by atoms with Crippen LogP contribution < -0.4 is 10.5 Å². The summed E-state index contributed by atoms with van der Waals surface area (Å²) in [4.78, 5) is 16.6. The van der Waals surface area contributed by atoms with Gasteiger partial charge in [0.2, 0.25) is 11.8 Å². The molecule has 1 aromatic carbocycles. The summed E-state index contributed by atoms with van der Waals surface area (Å²) in [5.41, 5.74) is 7.12. The molecule has 3 aromatic rings. The Morgan fingerprint density at radius 3 is 2.86 bits per heavy atom. The van der Waals surface area contributed by atoms with Crippen LogP contribution in [0.4, 0.5) is 5.95 Å². The van der Waals surface area contributed by atoms with E-state index in [1.807, 2.05) is 6.92 Å². The van der Waals surface area contributed by atoms with Crippen LogP contribution >= 0.6 is 0 Å². The Morgan fingerprint density at radius 1 is 1.36 bits per heavy atom. The minimum absolute atomic E-state index is 0.00376. The summed E-state index contributed by atoms with van der Waals surface area (Å²) in [6.45, 7) is 1.89. The van der Waals surface area contributed by atoms with Gasteiger partial charge < -0.3 is 14.9 Å². The van der Waals surface area contributed by atoms with Gasteiger partial charge in [0.25, 0.3) is 5.91 Å². The van der Waals surface area contributed by atoms with Crippen molar-refractivity contribution in [3.05, 3.63) is 47.7 Å². The lowest BCUT2D eigenvalue weighted by atomic mass is 10.1. The standard InChI is InChI=1S/C15H14N4O3/c1-9-5-6-10(8-12(9)21-2)14(20)19-15(16)17-13(18-19)11-4-3-7-22-11/h3-8H,1-2H3,(H2,16,17,18). The zero-order valence-corrected chi connectivity index (χ0v) is 12.1. The smallest absolute Gasteiger partial charge is 0.281 e. The maximum Gasteiger partial charge on any atom is 0.281 e. The van der Waals surface area contributed by atoms with Crippen molar-refractivity contribution in [2.45, 2.75) is 6.92 Å². The molecule has 0 aliphatic heterocycles. The van der Waals surface area contributed by atoms with E-state index in [1.165, 1.54) is 6.26 Å². The van der Waals surface area contributed by atoms with E-state index in [-0.39, 0.29) is 17.7 Å². The number of hydrogen-bond acceptors (Lipinski definition) is 6. The lowest BCUT2D eigenvalue weighted by molar-refractivity contribution is 0.0947. The SMILES string of the molecule is COc1cc(C(=O)n2nc(-c3ccco3)nc2N)ccc1C. The molecule has 2 aromatic heterocycles. The summed E-state index contributed by atoms with van der Waals surface area (Å²) in [6.07, 6.45) is 1.50. The Hall–Kier alpha value is -3.09. The Labute approximate surface area is 126 Å². The molecule has 7 nitrogen and oxygen atoms in total. The number of hydrogen-bond donors (Lipinski definition) is 1. The van der Waals surface area contributed by atoms with Crippen LogP contribution in [0.25, 0.3) is 11.6 Å². The van der Waals surface area contributed by atoms with E-state index >= 15 is 0 Å². The predicted molar refractivity (Wildman–Crippen MR) is 79.6 cm³/mol. The summed E-state index contributed by atoms with van der Waals surface area (Å²) < 4.78 is 11.5. The zero-order chi connectivity index (χ0) is 15.7. The summed E-state index contributed by atoms with van der Waals surface area (Å²) in [6, 6.07) is 8.53. The van der Waals surface area contributed by atoms with E-state index in [0.29, 0.717) is 17.1 Å². The molecule has 2 N–H and O–H groups in total. The molecule has 0 spiro atoms. The van der Waals surface area contributed by atoms with E-state index < -0.39 is 0 Å². The van der Waals surface area contributed by atoms with Crippen LogP contribution in [0.3, 0.4) is 0 Å². The average molecular weight is 298 g/mol. The van der Waals surface area contributed by atoms with E-state index in [9.17, 15) is 4.79 Å². The molecule has 3 rings (SSSR count). The molecule has 0 fully saturated rings. The molecule has 7 heteroatoms. The van der Waals surface area contributed by atoms with Gasteiger partial charge in [-0.25, -0.2) is 0 Å². The average Bonchev–Trinajstić information content (AvgIpc) is 3.16. The number of ether oxygens (including phenoxy) is 1. The maximum absolute atomic E-state index is 12.5. The summed E-state index contributed by atoms with van der Waals surface area (Å²) in [5, 5.41) is 4.10. The third-order valence-electron chi connectivity index (χ3n) is 3.22. The van der Waals surface area contributed by atoms with Crippen LogP contribution in [0.1, 0.15) is 15.9 Å². The van der Waals surface area contributed by atoms with Crippen molar-refractivity contribution in [2.24, 2.45) is 0 Å². The fourth-order valence-electron chi connectivity index (χ4n) is 2.06. The van der Waals surface area contributed by atoms with Gasteiger partial charge in [-0.05, 0) is 36.8 Å². The molecule has 0 atom stereocenters. The summed E-state index contributed by atoms with van der Waals surface area (Å²) in [5.74, 6) is 0.933. The first-order valence-corrected chi connectivity index (χ1v) is 6.56. The molecular formula is C15H14N4O3. The molecule has 0 amide bonds. The third-order valence-corrected chi connectivity index (χ3v) is 3.22.